The van der Waals surface area contributed by atoms with E-state index >= 15 is 0 Å². The van der Waals surface area contributed by atoms with Crippen LogP contribution in [0.2, 0.25) is 0 Å². The van der Waals surface area contributed by atoms with Crippen LogP contribution in [0, 0.1) is 0 Å². The Morgan fingerprint density at radius 1 is 0.433 bits per heavy atom. The number of para-hydroxylation sites is 1. The molecule has 0 atom stereocenters. The zero-order valence-corrected chi connectivity index (χ0v) is 16.5. The van der Waals surface area contributed by atoms with Crippen molar-refractivity contribution in [3.63, 3.8) is 0 Å². The number of hydrogen-bond donors (Lipinski definition) is 2. The molecule has 5 aromatic rings. The maximum Gasteiger partial charge on any atom is 0.0627 e. The zero-order valence-electron chi connectivity index (χ0n) is 16.5. The molecule has 0 bridgehead atoms. The molecule has 0 spiro atoms. The van der Waals surface area contributed by atoms with Crippen molar-refractivity contribution < 1.29 is 0 Å². The number of anilines is 2. The van der Waals surface area contributed by atoms with E-state index in [-0.39, 0.29) is 0 Å². The molecular formula is C28H22N2. The van der Waals surface area contributed by atoms with E-state index in [1.54, 1.807) is 0 Å². The van der Waals surface area contributed by atoms with Crippen molar-refractivity contribution in [3.8, 4) is 33.4 Å². The average molecular weight is 386 g/mol. The van der Waals surface area contributed by atoms with Crippen LogP contribution >= 0.6 is 0 Å². The summed E-state index contributed by atoms with van der Waals surface area (Å²) < 4.78 is 0. The zero-order chi connectivity index (χ0) is 20.5. The maximum absolute atomic E-state index is 6.42. The lowest BCUT2D eigenvalue weighted by molar-refractivity contribution is 1.56. The van der Waals surface area contributed by atoms with Gasteiger partial charge in [0.1, 0.15) is 0 Å². The summed E-state index contributed by atoms with van der Waals surface area (Å²) in [5.41, 5.74) is 20.5. The highest BCUT2D eigenvalue weighted by molar-refractivity contribution is 6.05. The highest BCUT2D eigenvalue weighted by Crippen LogP contribution is 2.44. The smallest absolute Gasteiger partial charge is 0.0627 e. The van der Waals surface area contributed by atoms with Gasteiger partial charge in [-0.05, 0) is 44.7 Å². The third-order valence-corrected chi connectivity index (χ3v) is 5.64. The highest BCUT2D eigenvalue weighted by Gasteiger charge is 2.17. The fourth-order valence-corrected chi connectivity index (χ4v) is 4.20. The van der Waals surface area contributed by atoms with Gasteiger partial charge in [-0.15, -0.1) is 0 Å². The predicted molar refractivity (Wildman–Crippen MR) is 129 cm³/mol. The maximum atomic E-state index is 6.42. The summed E-state index contributed by atoms with van der Waals surface area (Å²) in [7, 11) is 0. The molecule has 0 aliphatic rings. The van der Waals surface area contributed by atoms with Gasteiger partial charge >= 0.3 is 0 Å². The van der Waals surface area contributed by atoms with Gasteiger partial charge in [0, 0.05) is 5.56 Å². The van der Waals surface area contributed by atoms with Gasteiger partial charge in [0.2, 0.25) is 0 Å². The van der Waals surface area contributed by atoms with Gasteiger partial charge in [0.15, 0.2) is 0 Å². The molecule has 30 heavy (non-hydrogen) atoms. The van der Waals surface area contributed by atoms with Crippen LogP contribution in [0.15, 0.2) is 109 Å². The van der Waals surface area contributed by atoms with E-state index in [1.165, 1.54) is 21.9 Å². The Bertz CT molecular complexity index is 1350. The van der Waals surface area contributed by atoms with Crippen LogP contribution in [0.4, 0.5) is 11.4 Å². The van der Waals surface area contributed by atoms with Crippen LogP contribution in [0.3, 0.4) is 0 Å². The number of fused-ring (bicyclic) bond motifs is 1. The van der Waals surface area contributed by atoms with Crippen LogP contribution < -0.4 is 11.5 Å². The van der Waals surface area contributed by atoms with Crippen LogP contribution in [-0.2, 0) is 0 Å². The van der Waals surface area contributed by atoms with Gasteiger partial charge in [-0.1, -0.05) is 103 Å². The van der Waals surface area contributed by atoms with Gasteiger partial charge in [-0.25, -0.2) is 0 Å². The second kappa shape index (κ2) is 7.41. The van der Waals surface area contributed by atoms with E-state index in [2.05, 4.69) is 84.9 Å². The Balaban J connectivity index is 1.88. The summed E-state index contributed by atoms with van der Waals surface area (Å²) in [5, 5.41) is 2.46. The summed E-state index contributed by atoms with van der Waals surface area (Å²) in [5.74, 6) is 0. The SMILES string of the molecule is Nc1cccc(-c2cccc(-c3cccc4ccccc34)c2-c2ccccc2)c1N. The van der Waals surface area contributed by atoms with Crippen molar-refractivity contribution in [2.45, 2.75) is 0 Å². The van der Waals surface area contributed by atoms with Gasteiger partial charge in [0.25, 0.3) is 0 Å². The first-order valence-electron chi connectivity index (χ1n) is 10.0. The largest absolute Gasteiger partial charge is 0.397 e. The molecule has 0 radical (unpaired) electrons. The lowest BCUT2D eigenvalue weighted by atomic mass is 9.85. The first-order chi connectivity index (χ1) is 14.7. The lowest BCUT2D eigenvalue weighted by Gasteiger charge is -2.19. The van der Waals surface area contributed by atoms with Crippen LogP contribution in [-0.4, -0.2) is 0 Å². The molecule has 0 unspecified atom stereocenters. The van der Waals surface area contributed by atoms with E-state index in [1.807, 2.05) is 24.3 Å². The normalized spacial score (nSPS) is 10.9. The summed E-state index contributed by atoms with van der Waals surface area (Å²) in [6.07, 6.45) is 0. The minimum Gasteiger partial charge on any atom is -0.397 e. The van der Waals surface area contributed by atoms with E-state index in [9.17, 15) is 0 Å². The monoisotopic (exact) mass is 386 g/mol. The number of nitrogens with two attached hydrogens (primary N) is 2. The lowest BCUT2D eigenvalue weighted by Crippen LogP contribution is -1.98. The Morgan fingerprint density at radius 2 is 1.00 bits per heavy atom. The molecular weight excluding hydrogens is 364 g/mol. The minimum absolute atomic E-state index is 0.599. The molecule has 2 nitrogen and oxygen atoms in total. The summed E-state index contributed by atoms with van der Waals surface area (Å²) >= 11 is 0. The molecule has 0 aromatic heterocycles. The number of nitrogen functional groups attached to an aromatic ring is 2. The van der Waals surface area contributed by atoms with Gasteiger partial charge < -0.3 is 11.5 Å². The quantitative estimate of drug-likeness (QED) is 0.328. The first kappa shape index (κ1) is 18.0. The van der Waals surface area contributed by atoms with Crippen molar-refractivity contribution in [2.75, 3.05) is 11.5 Å². The second-order valence-corrected chi connectivity index (χ2v) is 7.43. The Labute approximate surface area is 176 Å². The van der Waals surface area contributed by atoms with Gasteiger partial charge in [-0.2, -0.15) is 0 Å². The molecule has 0 saturated carbocycles. The average Bonchev–Trinajstić information content (AvgIpc) is 2.80. The molecule has 144 valence electrons. The van der Waals surface area contributed by atoms with Crippen LogP contribution in [0.1, 0.15) is 0 Å². The third-order valence-electron chi connectivity index (χ3n) is 5.64. The molecule has 5 aromatic carbocycles. The standard InChI is InChI=1S/C28H22N2/c29-26-18-8-17-25(28(26)30)24-16-7-15-23(27(24)20-10-2-1-3-11-20)22-14-6-12-19-9-4-5-13-21(19)22/h1-18H,29-30H2. The molecule has 0 amide bonds. The van der Waals surface area contributed by atoms with Crippen molar-refractivity contribution in [3.05, 3.63) is 109 Å². The third kappa shape index (κ3) is 2.99. The van der Waals surface area contributed by atoms with E-state index < -0.39 is 0 Å². The van der Waals surface area contributed by atoms with Gasteiger partial charge in [0.05, 0.1) is 11.4 Å². The van der Waals surface area contributed by atoms with Crippen molar-refractivity contribution in [2.24, 2.45) is 0 Å². The Kier molecular flexibility index (Phi) is 4.45. The second-order valence-electron chi connectivity index (χ2n) is 7.43. The predicted octanol–water partition coefficient (Wildman–Crippen LogP) is 7.01. The first-order valence-corrected chi connectivity index (χ1v) is 10.0. The molecule has 0 fully saturated rings. The molecule has 2 heteroatoms. The minimum atomic E-state index is 0.599. The van der Waals surface area contributed by atoms with E-state index in [0.29, 0.717) is 11.4 Å². The molecule has 5 rings (SSSR count). The van der Waals surface area contributed by atoms with Crippen molar-refractivity contribution in [1.29, 1.82) is 0 Å². The van der Waals surface area contributed by atoms with E-state index in [4.69, 9.17) is 11.5 Å². The fourth-order valence-electron chi connectivity index (χ4n) is 4.20. The Morgan fingerprint density at radius 3 is 1.83 bits per heavy atom. The molecule has 4 N–H and O–H groups in total. The highest BCUT2D eigenvalue weighted by atomic mass is 14.7. The molecule has 0 aliphatic heterocycles. The summed E-state index contributed by atoms with van der Waals surface area (Å²) in [6.45, 7) is 0. The van der Waals surface area contributed by atoms with Crippen molar-refractivity contribution in [1.82, 2.24) is 0 Å². The number of benzene rings is 5. The fraction of sp³-hybridized carbons (Fsp3) is 0. The van der Waals surface area contributed by atoms with Crippen LogP contribution in [0.25, 0.3) is 44.2 Å². The summed E-state index contributed by atoms with van der Waals surface area (Å²) in [6, 6.07) is 37.7. The molecule has 0 heterocycles. The summed E-state index contributed by atoms with van der Waals surface area (Å²) in [4.78, 5) is 0. The van der Waals surface area contributed by atoms with E-state index in [0.717, 1.165) is 22.3 Å². The van der Waals surface area contributed by atoms with Gasteiger partial charge in [-0.3, -0.25) is 0 Å². The number of rotatable bonds is 3. The topological polar surface area (TPSA) is 52.0 Å². The molecule has 0 aliphatic carbocycles. The molecule has 0 saturated heterocycles. The van der Waals surface area contributed by atoms with Crippen molar-refractivity contribution >= 4 is 22.1 Å². The van der Waals surface area contributed by atoms with Crippen LogP contribution in [0.5, 0.6) is 0 Å². The Hall–Kier alpha value is -4.04. The number of hydrogen-bond acceptors (Lipinski definition) is 2.